The number of hydrogen-bond donors (Lipinski definition) is 0. The van der Waals surface area contributed by atoms with E-state index in [4.69, 9.17) is 0 Å². The summed E-state index contributed by atoms with van der Waals surface area (Å²) in [6.45, 7) is 10.4. The fraction of sp³-hybridized carbons (Fsp3) is 1.00. The Morgan fingerprint density at radius 2 is 1.42 bits per heavy atom. The van der Waals surface area contributed by atoms with Gasteiger partial charge in [-0.15, -0.1) is 0 Å². The van der Waals surface area contributed by atoms with Gasteiger partial charge in [-0.05, 0) is 37.0 Å². The molecule has 1 spiro atoms. The van der Waals surface area contributed by atoms with Gasteiger partial charge in [0.1, 0.15) is 0 Å². The average molecular weight is 170 g/mol. The van der Waals surface area contributed by atoms with E-state index in [1.165, 1.54) is 6.42 Å². The molecule has 0 heteroatoms. The first-order valence-electron chi connectivity index (χ1n) is 5.81. The summed E-state index contributed by atoms with van der Waals surface area (Å²) in [5.74, 6) is 1.05. The van der Waals surface area contributed by atoms with E-state index in [-0.39, 0.29) is 0 Å². The zero-order chi connectivity index (χ0) is 9.61. The van der Waals surface area contributed by atoms with Gasteiger partial charge in [-0.25, -0.2) is 0 Å². The molecule has 74 valence electrons. The first-order chi connectivity index (χ1) is 5.81. The van der Waals surface area contributed by atoms with Crippen molar-refractivity contribution in [2.45, 2.75) is 66.7 Å². The van der Waals surface area contributed by atoms with Crippen molar-refractivity contribution in [3.05, 3.63) is 0 Å². The van der Waals surface area contributed by atoms with Crippen LogP contribution < -0.4 is 0 Å². The summed E-state index contributed by atoms with van der Waals surface area (Å²) >= 11 is 0. The molecular weight excluding hydrogens is 144 g/mol. The molecule has 0 aliphatic heterocycles. The lowest BCUT2D eigenvalue weighted by molar-refractivity contribution is 0.501. The van der Waals surface area contributed by atoms with E-state index >= 15 is 0 Å². The van der Waals surface area contributed by atoms with Gasteiger partial charge in [0.2, 0.25) is 0 Å². The van der Waals surface area contributed by atoms with Crippen LogP contribution in [0, 0.1) is 11.3 Å². The standard InChI is InChI=1S/C8H14.2C2H6/c1-7-2-3-8(6-7)4-5-8;2*1-2/h7H,2-6H2,1H3;2*1-2H3. The summed E-state index contributed by atoms with van der Waals surface area (Å²) in [7, 11) is 0. The predicted octanol–water partition coefficient (Wildman–Crippen LogP) is 4.64. The Bertz CT molecular complexity index is 101. The molecule has 2 rings (SSSR count). The highest BCUT2D eigenvalue weighted by Crippen LogP contribution is 2.59. The highest BCUT2D eigenvalue weighted by atomic mass is 14.5. The SMILES string of the molecule is CC.CC.CC1CCC2(CC2)C1. The smallest absolute Gasteiger partial charge is 0.0294 e. The minimum absolute atomic E-state index is 0.916. The molecule has 2 aliphatic carbocycles. The largest absolute Gasteiger partial charge is 0.0683 e. The molecule has 2 fully saturated rings. The fourth-order valence-electron chi connectivity index (χ4n) is 2.13. The highest BCUT2D eigenvalue weighted by Gasteiger charge is 2.46. The van der Waals surface area contributed by atoms with Crippen LogP contribution in [0.5, 0.6) is 0 Å². The lowest BCUT2D eigenvalue weighted by Gasteiger charge is -2.00. The quantitative estimate of drug-likeness (QED) is 0.497. The van der Waals surface area contributed by atoms with Crippen LogP contribution in [0.15, 0.2) is 0 Å². The summed E-state index contributed by atoms with van der Waals surface area (Å²) in [6.07, 6.45) is 7.72. The first-order valence-corrected chi connectivity index (χ1v) is 5.81. The molecule has 1 atom stereocenters. The van der Waals surface area contributed by atoms with Crippen molar-refractivity contribution in [3.63, 3.8) is 0 Å². The van der Waals surface area contributed by atoms with E-state index < -0.39 is 0 Å². The maximum Gasteiger partial charge on any atom is -0.0294 e. The minimum atomic E-state index is 0.916. The third kappa shape index (κ3) is 3.16. The van der Waals surface area contributed by atoms with Gasteiger partial charge >= 0.3 is 0 Å². The van der Waals surface area contributed by atoms with Crippen molar-refractivity contribution < 1.29 is 0 Å². The van der Waals surface area contributed by atoms with Crippen LogP contribution in [0.3, 0.4) is 0 Å². The van der Waals surface area contributed by atoms with Crippen LogP contribution in [-0.4, -0.2) is 0 Å². The van der Waals surface area contributed by atoms with Crippen molar-refractivity contribution >= 4 is 0 Å². The monoisotopic (exact) mass is 170 g/mol. The number of rotatable bonds is 0. The minimum Gasteiger partial charge on any atom is -0.0683 e. The third-order valence-corrected chi connectivity index (χ3v) is 2.91. The van der Waals surface area contributed by atoms with Gasteiger partial charge in [-0.2, -0.15) is 0 Å². The molecule has 1 unspecified atom stereocenters. The second kappa shape index (κ2) is 5.61. The molecule has 0 aromatic heterocycles. The normalized spacial score (nSPS) is 28.2. The van der Waals surface area contributed by atoms with Crippen molar-refractivity contribution in [1.29, 1.82) is 0 Å². The van der Waals surface area contributed by atoms with Gasteiger partial charge in [0.25, 0.3) is 0 Å². The van der Waals surface area contributed by atoms with Gasteiger partial charge in [-0.3, -0.25) is 0 Å². The van der Waals surface area contributed by atoms with E-state index in [2.05, 4.69) is 6.92 Å². The molecule has 12 heavy (non-hydrogen) atoms. The fourth-order valence-corrected chi connectivity index (χ4v) is 2.13. The van der Waals surface area contributed by atoms with Gasteiger partial charge in [0, 0.05) is 0 Å². The van der Waals surface area contributed by atoms with Crippen molar-refractivity contribution in [3.8, 4) is 0 Å². The third-order valence-electron chi connectivity index (χ3n) is 2.91. The summed E-state index contributed by atoms with van der Waals surface area (Å²) in [5.41, 5.74) is 0.916. The van der Waals surface area contributed by atoms with E-state index in [0.29, 0.717) is 0 Å². The molecule has 0 aromatic rings. The van der Waals surface area contributed by atoms with Gasteiger partial charge in [0.05, 0.1) is 0 Å². The summed E-state index contributed by atoms with van der Waals surface area (Å²) in [4.78, 5) is 0. The Morgan fingerprint density at radius 3 is 1.58 bits per heavy atom. The lowest BCUT2D eigenvalue weighted by atomic mass is 10.0. The maximum absolute atomic E-state index is 2.40. The maximum atomic E-state index is 2.40. The van der Waals surface area contributed by atoms with Crippen molar-refractivity contribution in [2.75, 3.05) is 0 Å². The average Bonchev–Trinajstić information content (AvgIpc) is 2.79. The van der Waals surface area contributed by atoms with Gasteiger partial charge in [-0.1, -0.05) is 41.0 Å². The van der Waals surface area contributed by atoms with Crippen LogP contribution >= 0.6 is 0 Å². The second-order valence-corrected chi connectivity index (χ2v) is 3.85. The van der Waals surface area contributed by atoms with Crippen molar-refractivity contribution in [1.82, 2.24) is 0 Å². The Labute approximate surface area is 78.8 Å². The zero-order valence-corrected chi connectivity index (χ0v) is 9.61. The summed E-state index contributed by atoms with van der Waals surface area (Å²) in [6, 6.07) is 0. The second-order valence-electron chi connectivity index (χ2n) is 3.85. The molecule has 2 saturated carbocycles. The number of hydrogen-bond acceptors (Lipinski definition) is 0. The van der Waals surface area contributed by atoms with Crippen LogP contribution in [0.2, 0.25) is 0 Å². The van der Waals surface area contributed by atoms with Gasteiger partial charge < -0.3 is 0 Å². The predicted molar refractivity (Wildman–Crippen MR) is 57.4 cm³/mol. The Hall–Kier alpha value is 0. The molecule has 0 heterocycles. The van der Waals surface area contributed by atoms with Crippen LogP contribution in [0.1, 0.15) is 66.7 Å². The Balaban J connectivity index is 0.000000269. The molecule has 2 aliphatic rings. The molecule has 0 amide bonds. The lowest BCUT2D eigenvalue weighted by Crippen LogP contribution is -1.90. The van der Waals surface area contributed by atoms with Crippen LogP contribution in [0.25, 0.3) is 0 Å². The molecule has 0 aromatic carbocycles. The van der Waals surface area contributed by atoms with Crippen molar-refractivity contribution in [2.24, 2.45) is 11.3 Å². The van der Waals surface area contributed by atoms with E-state index in [1.807, 2.05) is 27.7 Å². The summed E-state index contributed by atoms with van der Waals surface area (Å²) in [5, 5.41) is 0. The molecule has 0 bridgehead atoms. The Morgan fingerprint density at radius 1 is 0.917 bits per heavy atom. The Kier molecular flexibility index (Phi) is 5.61. The first kappa shape index (κ1) is 12.0. The topological polar surface area (TPSA) is 0 Å². The molecule has 0 saturated heterocycles. The van der Waals surface area contributed by atoms with Crippen LogP contribution in [0.4, 0.5) is 0 Å². The van der Waals surface area contributed by atoms with E-state index in [1.54, 1.807) is 25.7 Å². The highest BCUT2D eigenvalue weighted by molar-refractivity contribution is 4.98. The molecule has 0 radical (unpaired) electrons. The summed E-state index contributed by atoms with van der Waals surface area (Å²) < 4.78 is 0. The van der Waals surface area contributed by atoms with Gasteiger partial charge in [0.15, 0.2) is 0 Å². The van der Waals surface area contributed by atoms with Crippen LogP contribution in [-0.2, 0) is 0 Å². The van der Waals surface area contributed by atoms with E-state index in [0.717, 1.165) is 11.3 Å². The zero-order valence-electron chi connectivity index (χ0n) is 9.61. The molecule has 0 N–H and O–H groups in total. The molecular formula is C12H26. The van der Waals surface area contributed by atoms with E-state index in [9.17, 15) is 0 Å². The molecule has 0 nitrogen and oxygen atoms in total.